The summed E-state index contributed by atoms with van der Waals surface area (Å²) in [6, 6.07) is 0. The van der Waals surface area contributed by atoms with Gasteiger partial charge in [0.15, 0.2) is 11.1 Å². The summed E-state index contributed by atoms with van der Waals surface area (Å²) in [5, 5.41) is 49.9. The van der Waals surface area contributed by atoms with Gasteiger partial charge in [0.1, 0.15) is 0 Å². The third-order valence-corrected chi connectivity index (χ3v) is 3.89. The normalized spacial score (nSPS) is 13.8. The molecule has 0 aromatic heterocycles. The van der Waals surface area contributed by atoms with Crippen LogP contribution in [0.3, 0.4) is 0 Å². The van der Waals surface area contributed by atoms with E-state index < -0.39 is 60.4 Å². The van der Waals surface area contributed by atoms with Crippen LogP contribution >= 0.6 is 0 Å². The van der Waals surface area contributed by atoms with Crippen LogP contribution in [0.2, 0.25) is 0 Å². The zero-order valence-electron chi connectivity index (χ0n) is 16.3. The first-order valence-electron chi connectivity index (χ1n) is 8.23. The molecule has 0 rings (SSSR count). The summed E-state index contributed by atoms with van der Waals surface area (Å²) in [5.74, 6) is -1.17. The van der Waals surface area contributed by atoms with Crippen molar-refractivity contribution in [3.63, 3.8) is 0 Å². The number of hydrogen-bond acceptors (Lipinski definition) is 8. The van der Waals surface area contributed by atoms with Gasteiger partial charge in [-0.25, -0.2) is 0 Å². The molecule has 0 aliphatic heterocycles. The summed E-state index contributed by atoms with van der Waals surface area (Å²) in [5.41, 5.74) is -5.14. The van der Waals surface area contributed by atoms with E-state index in [0.29, 0.717) is 0 Å². The first kappa shape index (κ1) is 24.4. The molecule has 152 valence electrons. The first-order valence-corrected chi connectivity index (χ1v) is 8.23. The van der Waals surface area contributed by atoms with E-state index in [4.69, 9.17) is 0 Å². The number of amides is 2. The molecular weight excluding hydrogens is 344 g/mol. The van der Waals surface area contributed by atoms with Crippen molar-refractivity contribution in [2.24, 2.45) is 10.2 Å². The standard InChI is InChI=1S/C16H32N4O6/c1-13(2,11(25)17-15(5,7-21)8-22)19-20-14(3,4)12(26)18-16(6,9-23)10-24/h21-24H,7-10H2,1-6H3,(H,17,25)(H,18,26). The van der Waals surface area contributed by atoms with Gasteiger partial charge in [0.25, 0.3) is 0 Å². The zero-order chi connectivity index (χ0) is 20.8. The van der Waals surface area contributed by atoms with E-state index in [1.165, 1.54) is 41.5 Å². The molecule has 0 fully saturated rings. The van der Waals surface area contributed by atoms with Crippen LogP contribution in [0, 0.1) is 0 Å². The van der Waals surface area contributed by atoms with Crippen LogP contribution in [0.5, 0.6) is 0 Å². The molecule has 0 aromatic carbocycles. The zero-order valence-corrected chi connectivity index (χ0v) is 16.3. The number of aliphatic hydroxyl groups is 4. The largest absolute Gasteiger partial charge is 0.394 e. The lowest BCUT2D eigenvalue weighted by Gasteiger charge is -2.31. The quantitative estimate of drug-likeness (QED) is 0.260. The second kappa shape index (κ2) is 8.85. The van der Waals surface area contributed by atoms with Gasteiger partial charge in [0, 0.05) is 0 Å². The first-order chi connectivity index (χ1) is 11.7. The highest BCUT2D eigenvalue weighted by Gasteiger charge is 2.37. The molecule has 0 aliphatic carbocycles. The van der Waals surface area contributed by atoms with Gasteiger partial charge in [0.05, 0.1) is 37.5 Å². The molecular formula is C16H32N4O6. The van der Waals surface area contributed by atoms with Crippen LogP contribution in [-0.2, 0) is 9.59 Å². The number of carbonyl (C=O) groups is 2. The van der Waals surface area contributed by atoms with Crippen molar-refractivity contribution in [1.29, 1.82) is 0 Å². The molecule has 10 heteroatoms. The van der Waals surface area contributed by atoms with Crippen LogP contribution in [-0.4, -0.2) is 80.8 Å². The Labute approximate surface area is 153 Å². The highest BCUT2D eigenvalue weighted by Crippen LogP contribution is 2.18. The van der Waals surface area contributed by atoms with E-state index in [0.717, 1.165) is 0 Å². The molecule has 0 aromatic rings. The van der Waals surface area contributed by atoms with Crippen molar-refractivity contribution in [3.8, 4) is 0 Å². The summed E-state index contributed by atoms with van der Waals surface area (Å²) >= 11 is 0. The maximum absolute atomic E-state index is 12.4. The second-order valence-electron chi connectivity index (χ2n) is 7.98. The summed E-state index contributed by atoms with van der Waals surface area (Å²) in [4.78, 5) is 24.7. The summed E-state index contributed by atoms with van der Waals surface area (Å²) in [7, 11) is 0. The molecule has 26 heavy (non-hydrogen) atoms. The molecule has 2 amide bonds. The Morgan fingerprint density at radius 2 is 0.885 bits per heavy atom. The van der Waals surface area contributed by atoms with Gasteiger partial charge >= 0.3 is 0 Å². The van der Waals surface area contributed by atoms with Gasteiger partial charge in [0.2, 0.25) is 11.8 Å². The van der Waals surface area contributed by atoms with Crippen LogP contribution in [0.4, 0.5) is 0 Å². The van der Waals surface area contributed by atoms with Crippen molar-refractivity contribution < 1.29 is 30.0 Å². The number of rotatable bonds is 10. The van der Waals surface area contributed by atoms with Crippen molar-refractivity contribution >= 4 is 11.8 Å². The highest BCUT2D eigenvalue weighted by molar-refractivity contribution is 5.87. The Morgan fingerprint density at radius 3 is 1.08 bits per heavy atom. The van der Waals surface area contributed by atoms with Crippen LogP contribution in [0.1, 0.15) is 41.5 Å². The Hall–Kier alpha value is -1.62. The van der Waals surface area contributed by atoms with Gasteiger partial charge in [-0.15, -0.1) is 0 Å². The Bertz CT molecular complexity index is 479. The lowest BCUT2D eigenvalue weighted by atomic mass is 9.99. The van der Waals surface area contributed by atoms with Crippen molar-refractivity contribution in [2.75, 3.05) is 26.4 Å². The van der Waals surface area contributed by atoms with Gasteiger partial charge in [-0.2, -0.15) is 10.2 Å². The van der Waals surface area contributed by atoms with E-state index in [9.17, 15) is 30.0 Å². The minimum absolute atomic E-state index is 0.461. The molecule has 0 bridgehead atoms. The molecule has 0 saturated carbocycles. The monoisotopic (exact) mass is 376 g/mol. The minimum Gasteiger partial charge on any atom is -0.394 e. The molecule has 0 saturated heterocycles. The van der Waals surface area contributed by atoms with Crippen molar-refractivity contribution in [2.45, 2.75) is 63.7 Å². The predicted molar refractivity (Wildman–Crippen MR) is 94.5 cm³/mol. The summed E-state index contributed by atoms with van der Waals surface area (Å²) < 4.78 is 0. The molecule has 0 aliphatic rings. The maximum atomic E-state index is 12.4. The molecule has 0 heterocycles. The molecule has 0 atom stereocenters. The smallest absolute Gasteiger partial charge is 0.249 e. The minimum atomic E-state index is -1.36. The number of aliphatic hydroxyl groups excluding tert-OH is 4. The van der Waals surface area contributed by atoms with Gasteiger partial charge < -0.3 is 31.1 Å². The van der Waals surface area contributed by atoms with Crippen LogP contribution in [0.25, 0.3) is 0 Å². The van der Waals surface area contributed by atoms with Crippen LogP contribution < -0.4 is 10.6 Å². The number of nitrogens with zero attached hydrogens (tertiary/aromatic N) is 2. The van der Waals surface area contributed by atoms with Gasteiger partial charge in [-0.3, -0.25) is 9.59 Å². The average Bonchev–Trinajstić information content (AvgIpc) is 2.59. The highest BCUT2D eigenvalue weighted by atomic mass is 16.3. The fourth-order valence-corrected chi connectivity index (χ4v) is 1.45. The van der Waals surface area contributed by atoms with E-state index in [1.807, 2.05) is 0 Å². The Balaban J connectivity index is 5.24. The summed E-state index contributed by atoms with van der Waals surface area (Å²) in [6.07, 6.45) is 0. The molecule has 10 nitrogen and oxygen atoms in total. The Morgan fingerprint density at radius 1 is 0.654 bits per heavy atom. The number of carbonyl (C=O) groups excluding carboxylic acids is 2. The molecule has 6 N–H and O–H groups in total. The van der Waals surface area contributed by atoms with E-state index >= 15 is 0 Å². The third-order valence-electron chi connectivity index (χ3n) is 3.89. The van der Waals surface area contributed by atoms with E-state index in [2.05, 4.69) is 20.9 Å². The lowest BCUT2D eigenvalue weighted by molar-refractivity contribution is -0.130. The summed E-state index contributed by atoms with van der Waals surface area (Å²) in [6.45, 7) is 6.99. The predicted octanol–water partition coefficient (Wildman–Crippen LogP) is -1.29. The average molecular weight is 376 g/mol. The second-order valence-corrected chi connectivity index (χ2v) is 7.98. The van der Waals surface area contributed by atoms with Crippen LogP contribution in [0.15, 0.2) is 10.2 Å². The number of hydrogen-bond donors (Lipinski definition) is 6. The number of nitrogens with one attached hydrogen (secondary N) is 2. The Kier molecular flexibility index (Phi) is 8.30. The fraction of sp³-hybridized carbons (Fsp3) is 0.875. The molecule has 0 spiro atoms. The van der Waals surface area contributed by atoms with E-state index in [1.54, 1.807) is 0 Å². The molecule has 0 unspecified atom stereocenters. The topological polar surface area (TPSA) is 164 Å². The molecule has 0 radical (unpaired) electrons. The van der Waals surface area contributed by atoms with Gasteiger partial charge in [-0.05, 0) is 41.5 Å². The van der Waals surface area contributed by atoms with Gasteiger partial charge in [-0.1, -0.05) is 0 Å². The third kappa shape index (κ3) is 6.60. The SMILES string of the molecule is CC(CO)(CO)NC(=O)C(C)(C)N=NC(C)(C)C(=O)NC(C)(CO)CO. The lowest BCUT2D eigenvalue weighted by Crippen LogP contribution is -2.57. The van der Waals surface area contributed by atoms with Crippen molar-refractivity contribution in [1.82, 2.24) is 10.6 Å². The fourth-order valence-electron chi connectivity index (χ4n) is 1.45. The van der Waals surface area contributed by atoms with E-state index in [-0.39, 0.29) is 0 Å². The van der Waals surface area contributed by atoms with Crippen molar-refractivity contribution in [3.05, 3.63) is 0 Å². The maximum Gasteiger partial charge on any atom is 0.249 e. The number of azo groups is 1.